The Balaban J connectivity index is 0.00000338. The fraction of sp³-hybridized carbons (Fsp3) is 0.556. The number of aliphatic imine (C=N–C) groups is 1. The van der Waals surface area contributed by atoms with Gasteiger partial charge in [0, 0.05) is 61.3 Å². The molecule has 2 heterocycles. The Hall–Kier alpha value is -0.610. The molecule has 5 nitrogen and oxygen atoms in total. The maximum absolute atomic E-state index is 4.77. The molecule has 0 aliphatic rings. The second-order valence-corrected chi connectivity index (χ2v) is 8.24. The quantitative estimate of drug-likeness (QED) is 0.309. The molecule has 0 atom stereocenters. The summed E-state index contributed by atoms with van der Waals surface area (Å²) in [6, 6.07) is 2.14. The molecule has 0 fully saturated rings. The Morgan fingerprint density at radius 2 is 2.19 bits per heavy atom. The molecule has 1 N–H and O–H groups in total. The van der Waals surface area contributed by atoms with Crippen molar-refractivity contribution in [3.8, 4) is 0 Å². The summed E-state index contributed by atoms with van der Waals surface area (Å²) in [5.74, 6) is 1.43. The fourth-order valence-corrected chi connectivity index (χ4v) is 3.93. The molecule has 0 spiro atoms. The molecule has 2 aromatic heterocycles. The van der Waals surface area contributed by atoms with E-state index in [1.54, 1.807) is 11.3 Å². The lowest BCUT2D eigenvalue weighted by atomic mass is 10.2. The normalized spacial score (nSPS) is 11.6. The van der Waals surface area contributed by atoms with E-state index in [2.05, 4.69) is 88.2 Å². The van der Waals surface area contributed by atoms with Crippen molar-refractivity contribution in [3.05, 3.63) is 38.5 Å². The number of rotatable bonds is 7. The van der Waals surface area contributed by atoms with Crippen LogP contribution < -0.4 is 5.32 Å². The van der Waals surface area contributed by atoms with Gasteiger partial charge in [-0.05, 0) is 28.9 Å². The van der Waals surface area contributed by atoms with E-state index in [-0.39, 0.29) is 24.0 Å². The lowest BCUT2D eigenvalue weighted by Gasteiger charge is -2.22. The van der Waals surface area contributed by atoms with E-state index >= 15 is 0 Å². The Kier molecular flexibility index (Phi) is 10.2. The molecule has 0 saturated heterocycles. The summed E-state index contributed by atoms with van der Waals surface area (Å²) in [6.45, 7) is 8.86. The fourth-order valence-electron chi connectivity index (χ4n) is 2.49. The van der Waals surface area contributed by atoms with Gasteiger partial charge >= 0.3 is 0 Å². The number of halogens is 2. The summed E-state index contributed by atoms with van der Waals surface area (Å²) in [5.41, 5.74) is 2.38. The Labute approximate surface area is 186 Å². The predicted molar refractivity (Wildman–Crippen MR) is 126 cm³/mol. The van der Waals surface area contributed by atoms with Gasteiger partial charge in [0.05, 0.1) is 17.2 Å². The molecule has 146 valence electrons. The van der Waals surface area contributed by atoms with Crippen molar-refractivity contribution in [3.63, 3.8) is 0 Å². The SMILES string of the molecule is CCNC(=NCCc1csc(C(C)C)n1)N(C)Cc1cc(Br)cn1C.I. The van der Waals surface area contributed by atoms with E-state index in [1.165, 1.54) is 10.7 Å². The molecular formula is C18H29BrIN5S. The maximum Gasteiger partial charge on any atom is 0.194 e. The van der Waals surface area contributed by atoms with Crippen molar-refractivity contribution < 1.29 is 0 Å². The average Bonchev–Trinajstić information content (AvgIpc) is 3.13. The number of thiazole rings is 1. The number of hydrogen-bond acceptors (Lipinski definition) is 3. The van der Waals surface area contributed by atoms with Gasteiger partial charge < -0.3 is 14.8 Å². The smallest absolute Gasteiger partial charge is 0.194 e. The number of guanidine groups is 1. The minimum Gasteiger partial charge on any atom is -0.357 e. The number of hydrogen-bond donors (Lipinski definition) is 1. The first-order valence-electron chi connectivity index (χ1n) is 8.65. The van der Waals surface area contributed by atoms with E-state index < -0.39 is 0 Å². The van der Waals surface area contributed by atoms with Gasteiger partial charge in [-0.1, -0.05) is 13.8 Å². The van der Waals surface area contributed by atoms with Crippen LogP contribution in [0.4, 0.5) is 0 Å². The van der Waals surface area contributed by atoms with Crippen molar-refractivity contribution in [2.75, 3.05) is 20.1 Å². The van der Waals surface area contributed by atoms with E-state index in [4.69, 9.17) is 4.99 Å². The highest BCUT2D eigenvalue weighted by atomic mass is 127. The van der Waals surface area contributed by atoms with Crippen LogP contribution >= 0.6 is 51.2 Å². The molecular weight excluding hydrogens is 525 g/mol. The standard InChI is InChI=1S/C18H28BrN5S.HI/c1-6-20-18(24(5)11-16-9-14(19)10-23(16)4)21-8-7-15-12-25-17(22-15)13(2)3;/h9-10,12-13H,6-8,11H2,1-5H3,(H,20,21);1H. The molecule has 0 unspecified atom stereocenters. The number of aryl methyl sites for hydroxylation is 1. The zero-order valence-electron chi connectivity index (χ0n) is 16.1. The van der Waals surface area contributed by atoms with Gasteiger partial charge in [0.1, 0.15) is 0 Å². The average molecular weight is 554 g/mol. The molecule has 0 saturated carbocycles. The Morgan fingerprint density at radius 3 is 2.73 bits per heavy atom. The van der Waals surface area contributed by atoms with E-state index in [0.29, 0.717) is 5.92 Å². The van der Waals surface area contributed by atoms with E-state index in [1.807, 2.05) is 0 Å². The first-order chi connectivity index (χ1) is 11.9. The molecule has 0 aliphatic heterocycles. The number of aromatic nitrogens is 2. The van der Waals surface area contributed by atoms with Gasteiger partial charge in [0.15, 0.2) is 5.96 Å². The molecule has 26 heavy (non-hydrogen) atoms. The van der Waals surface area contributed by atoms with Crippen LogP contribution in [0, 0.1) is 0 Å². The summed E-state index contributed by atoms with van der Waals surface area (Å²) < 4.78 is 3.23. The molecule has 0 aromatic carbocycles. The molecule has 0 amide bonds. The van der Waals surface area contributed by atoms with Crippen molar-refractivity contribution in [2.45, 2.75) is 39.7 Å². The lowest BCUT2D eigenvalue weighted by Crippen LogP contribution is -2.39. The summed E-state index contributed by atoms with van der Waals surface area (Å²) in [4.78, 5) is 11.6. The zero-order chi connectivity index (χ0) is 18.4. The minimum atomic E-state index is 0. The van der Waals surface area contributed by atoms with Gasteiger partial charge in [0.2, 0.25) is 0 Å². The first kappa shape index (κ1) is 23.4. The molecule has 0 aliphatic carbocycles. The van der Waals surface area contributed by atoms with Crippen LogP contribution in [-0.4, -0.2) is 40.5 Å². The predicted octanol–water partition coefficient (Wildman–Crippen LogP) is 4.63. The second-order valence-electron chi connectivity index (χ2n) is 6.43. The van der Waals surface area contributed by atoms with Gasteiger partial charge in [-0.15, -0.1) is 35.3 Å². The topological polar surface area (TPSA) is 45.5 Å². The highest BCUT2D eigenvalue weighted by Crippen LogP contribution is 2.19. The monoisotopic (exact) mass is 553 g/mol. The Morgan fingerprint density at radius 1 is 1.46 bits per heavy atom. The summed E-state index contributed by atoms with van der Waals surface area (Å²) in [6.07, 6.45) is 2.95. The van der Waals surface area contributed by atoms with Crippen LogP contribution in [-0.2, 0) is 20.0 Å². The molecule has 8 heteroatoms. The van der Waals surface area contributed by atoms with Crippen LogP contribution in [0.5, 0.6) is 0 Å². The van der Waals surface area contributed by atoms with Crippen LogP contribution in [0.25, 0.3) is 0 Å². The molecule has 2 aromatic rings. The van der Waals surface area contributed by atoms with Crippen LogP contribution in [0.2, 0.25) is 0 Å². The van der Waals surface area contributed by atoms with Crippen LogP contribution in [0.15, 0.2) is 27.1 Å². The molecule has 2 rings (SSSR count). The van der Waals surface area contributed by atoms with Crippen molar-refractivity contribution in [1.82, 2.24) is 19.8 Å². The van der Waals surface area contributed by atoms with Crippen molar-refractivity contribution in [2.24, 2.45) is 12.0 Å². The minimum absolute atomic E-state index is 0. The number of nitrogens with zero attached hydrogens (tertiary/aromatic N) is 4. The van der Waals surface area contributed by atoms with E-state index in [9.17, 15) is 0 Å². The van der Waals surface area contributed by atoms with Crippen molar-refractivity contribution in [1.29, 1.82) is 0 Å². The van der Waals surface area contributed by atoms with Gasteiger partial charge in [-0.25, -0.2) is 4.98 Å². The third-order valence-corrected chi connectivity index (χ3v) is 5.49. The van der Waals surface area contributed by atoms with E-state index in [0.717, 1.165) is 42.2 Å². The third kappa shape index (κ3) is 6.84. The number of nitrogens with one attached hydrogen (secondary N) is 1. The highest BCUT2D eigenvalue weighted by molar-refractivity contribution is 14.0. The second kappa shape index (κ2) is 11.3. The third-order valence-electron chi connectivity index (χ3n) is 3.86. The zero-order valence-corrected chi connectivity index (χ0v) is 20.9. The summed E-state index contributed by atoms with van der Waals surface area (Å²) in [5, 5.41) is 6.74. The maximum atomic E-state index is 4.77. The van der Waals surface area contributed by atoms with Gasteiger partial charge in [0.25, 0.3) is 0 Å². The molecule has 0 bridgehead atoms. The van der Waals surface area contributed by atoms with Crippen LogP contribution in [0.1, 0.15) is 43.1 Å². The highest BCUT2D eigenvalue weighted by Gasteiger charge is 2.10. The Bertz CT molecular complexity index is 710. The molecule has 0 radical (unpaired) electrons. The summed E-state index contributed by atoms with van der Waals surface area (Å²) in [7, 11) is 4.13. The largest absolute Gasteiger partial charge is 0.357 e. The van der Waals surface area contributed by atoms with Gasteiger partial charge in [-0.2, -0.15) is 0 Å². The first-order valence-corrected chi connectivity index (χ1v) is 10.3. The van der Waals surface area contributed by atoms with Crippen molar-refractivity contribution >= 4 is 57.2 Å². The van der Waals surface area contributed by atoms with Crippen LogP contribution in [0.3, 0.4) is 0 Å². The summed E-state index contributed by atoms with van der Waals surface area (Å²) >= 11 is 5.28. The lowest BCUT2D eigenvalue weighted by molar-refractivity contribution is 0.462. The van der Waals surface area contributed by atoms with Gasteiger partial charge in [-0.3, -0.25) is 4.99 Å².